The maximum absolute atomic E-state index is 12.9. The topological polar surface area (TPSA) is 105 Å². The molecule has 0 atom stereocenters. The molecule has 3 aromatic rings. The van der Waals surface area contributed by atoms with E-state index in [1.807, 2.05) is 19.0 Å². The molecular formula is C22H28N4O5S. The van der Waals surface area contributed by atoms with Gasteiger partial charge in [0.1, 0.15) is 0 Å². The highest BCUT2D eigenvalue weighted by molar-refractivity contribution is 7.89. The van der Waals surface area contributed by atoms with Gasteiger partial charge in [0, 0.05) is 38.4 Å². The first-order chi connectivity index (χ1) is 14.9. The van der Waals surface area contributed by atoms with Crippen molar-refractivity contribution in [1.82, 2.24) is 13.8 Å². The smallest absolute Gasteiger partial charge is 0.408 e. The van der Waals surface area contributed by atoms with Crippen LogP contribution in [0.5, 0.6) is 0 Å². The Kier molecular flexibility index (Phi) is 6.59. The monoisotopic (exact) mass is 460 g/mol. The zero-order valence-corrected chi connectivity index (χ0v) is 19.9. The van der Waals surface area contributed by atoms with Gasteiger partial charge in [-0.25, -0.2) is 17.5 Å². The second-order valence-electron chi connectivity index (χ2n) is 8.16. The fourth-order valence-electron chi connectivity index (χ4n) is 3.28. The molecule has 0 saturated heterocycles. The van der Waals surface area contributed by atoms with E-state index in [0.29, 0.717) is 41.0 Å². The minimum absolute atomic E-state index is 0.0930. The van der Waals surface area contributed by atoms with Crippen LogP contribution in [-0.4, -0.2) is 62.8 Å². The Labute approximate surface area is 187 Å². The van der Waals surface area contributed by atoms with Crippen LogP contribution in [0, 0.1) is 13.8 Å². The Morgan fingerprint density at radius 2 is 1.78 bits per heavy atom. The van der Waals surface area contributed by atoms with Crippen molar-refractivity contribution in [2.75, 3.05) is 40.1 Å². The number of hydrogen-bond acceptors (Lipinski definition) is 6. The minimum Gasteiger partial charge on any atom is -0.408 e. The van der Waals surface area contributed by atoms with Crippen LogP contribution >= 0.6 is 0 Å². The predicted octanol–water partition coefficient (Wildman–Crippen LogP) is 2.28. The lowest BCUT2D eigenvalue weighted by Crippen LogP contribution is -2.24. The molecule has 3 rings (SSSR count). The number of anilines is 1. The molecule has 0 unspecified atom stereocenters. The highest BCUT2D eigenvalue weighted by Gasteiger charge is 2.23. The number of aryl methyl sites for hydroxylation is 1. The molecular weight excluding hydrogens is 432 g/mol. The standard InChI is InChI=1S/C22H28N4O5S/c1-14-11-16(12-20(15(14)2)32(29,30)25(5)6)21(27)23-17-7-8-19-18(13-17)26(22(28)31-19)10-9-24(3)4/h7-8,11-13H,9-10H2,1-6H3,(H,23,27). The molecule has 0 aliphatic rings. The van der Waals surface area contributed by atoms with Crippen molar-refractivity contribution in [3.05, 3.63) is 57.6 Å². The summed E-state index contributed by atoms with van der Waals surface area (Å²) >= 11 is 0. The third-order valence-electron chi connectivity index (χ3n) is 5.34. The van der Waals surface area contributed by atoms with E-state index >= 15 is 0 Å². The molecule has 1 amide bonds. The number of hydrogen-bond donors (Lipinski definition) is 1. The molecule has 10 heteroatoms. The van der Waals surface area contributed by atoms with Gasteiger partial charge in [-0.1, -0.05) is 0 Å². The maximum atomic E-state index is 12.9. The minimum atomic E-state index is -3.71. The van der Waals surface area contributed by atoms with E-state index in [1.54, 1.807) is 38.1 Å². The molecule has 0 saturated carbocycles. The van der Waals surface area contributed by atoms with Crippen LogP contribution in [0.15, 0.2) is 44.4 Å². The number of sulfonamides is 1. The lowest BCUT2D eigenvalue weighted by atomic mass is 10.1. The fraction of sp³-hybridized carbons (Fsp3) is 0.364. The number of aromatic nitrogens is 1. The first kappa shape index (κ1) is 23.7. The number of rotatable bonds is 7. The van der Waals surface area contributed by atoms with Crippen LogP contribution in [0.2, 0.25) is 0 Å². The molecule has 0 spiro atoms. The summed E-state index contributed by atoms with van der Waals surface area (Å²) in [6.45, 7) is 4.57. The maximum Gasteiger partial charge on any atom is 0.419 e. The van der Waals surface area contributed by atoms with Crippen LogP contribution in [0.3, 0.4) is 0 Å². The van der Waals surface area contributed by atoms with Gasteiger partial charge < -0.3 is 14.6 Å². The number of amides is 1. The van der Waals surface area contributed by atoms with Gasteiger partial charge >= 0.3 is 5.76 Å². The van der Waals surface area contributed by atoms with Crippen LogP contribution in [-0.2, 0) is 16.6 Å². The molecule has 0 aliphatic carbocycles. The van der Waals surface area contributed by atoms with Crippen molar-refractivity contribution >= 4 is 32.7 Å². The molecule has 0 fully saturated rings. The van der Waals surface area contributed by atoms with Crippen molar-refractivity contribution in [3.63, 3.8) is 0 Å². The molecule has 9 nitrogen and oxygen atoms in total. The number of nitrogens with zero attached hydrogens (tertiary/aromatic N) is 3. The quantitative estimate of drug-likeness (QED) is 0.580. The van der Waals surface area contributed by atoms with Crippen LogP contribution < -0.4 is 11.1 Å². The summed E-state index contributed by atoms with van der Waals surface area (Å²) in [7, 11) is 3.02. The van der Waals surface area contributed by atoms with Crippen molar-refractivity contribution in [2.24, 2.45) is 0 Å². The summed E-state index contributed by atoms with van der Waals surface area (Å²) in [5, 5.41) is 2.79. The zero-order chi connectivity index (χ0) is 23.8. The Hall–Kier alpha value is -2.95. The molecule has 0 radical (unpaired) electrons. The molecule has 172 valence electrons. The lowest BCUT2D eigenvalue weighted by molar-refractivity contribution is 0.102. The number of nitrogens with one attached hydrogen (secondary N) is 1. The van der Waals surface area contributed by atoms with Crippen LogP contribution in [0.25, 0.3) is 11.1 Å². The molecule has 1 heterocycles. The average Bonchev–Trinajstić information content (AvgIpc) is 3.02. The summed E-state index contributed by atoms with van der Waals surface area (Å²) in [5.41, 5.74) is 2.99. The van der Waals surface area contributed by atoms with Gasteiger partial charge in [-0.15, -0.1) is 0 Å². The average molecular weight is 461 g/mol. The van der Waals surface area contributed by atoms with Crippen molar-refractivity contribution in [1.29, 1.82) is 0 Å². The number of likely N-dealkylation sites (N-methyl/N-ethyl adjacent to an activating group) is 1. The number of carbonyl (C=O) groups excluding carboxylic acids is 1. The molecule has 0 bridgehead atoms. The van der Waals surface area contributed by atoms with Gasteiger partial charge in [0.2, 0.25) is 10.0 Å². The van der Waals surface area contributed by atoms with Gasteiger partial charge in [-0.05, 0) is 69.4 Å². The van der Waals surface area contributed by atoms with Gasteiger partial charge in [-0.2, -0.15) is 0 Å². The molecule has 0 aliphatic heterocycles. The van der Waals surface area contributed by atoms with Gasteiger partial charge in [0.15, 0.2) is 5.58 Å². The summed E-state index contributed by atoms with van der Waals surface area (Å²) in [6.07, 6.45) is 0. The molecule has 1 N–H and O–H groups in total. The second-order valence-corrected chi connectivity index (χ2v) is 10.3. The molecule has 1 aromatic heterocycles. The zero-order valence-electron chi connectivity index (χ0n) is 19.1. The SMILES string of the molecule is Cc1cc(C(=O)Nc2ccc3oc(=O)n(CCN(C)C)c3c2)cc(S(=O)(=O)N(C)C)c1C. The van der Waals surface area contributed by atoms with Crippen molar-refractivity contribution < 1.29 is 17.6 Å². The third kappa shape index (κ3) is 4.62. The summed E-state index contributed by atoms with van der Waals surface area (Å²) in [5.74, 6) is -0.911. The number of oxazole rings is 1. The number of fused-ring (bicyclic) bond motifs is 1. The van der Waals surface area contributed by atoms with E-state index in [4.69, 9.17) is 4.42 Å². The Bertz CT molecular complexity index is 1340. The van der Waals surface area contributed by atoms with E-state index in [1.165, 1.54) is 24.7 Å². The van der Waals surface area contributed by atoms with E-state index in [0.717, 1.165) is 4.31 Å². The summed E-state index contributed by atoms with van der Waals surface area (Å²) < 4.78 is 33.3. The van der Waals surface area contributed by atoms with E-state index in [-0.39, 0.29) is 10.5 Å². The number of carbonyl (C=O) groups is 1. The largest absolute Gasteiger partial charge is 0.419 e. The summed E-state index contributed by atoms with van der Waals surface area (Å²) in [6, 6.07) is 7.98. The first-order valence-corrected chi connectivity index (χ1v) is 11.5. The lowest BCUT2D eigenvalue weighted by Gasteiger charge is -2.16. The fourth-order valence-corrected chi connectivity index (χ4v) is 4.49. The predicted molar refractivity (Wildman–Crippen MR) is 124 cm³/mol. The van der Waals surface area contributed by atoms with Gasteiger partial charge in [-0.3, -0.25) is 9.36 Å². The second kappa shape index (κ2) is 8.89. The Morgan fingerprint density at radius 1 is 1.09 bits per heavy atom. The van der Waals surface area contributed by atoms with Gasteiger partial charge in [0.25, 0.3) is 5.91 Å². The molecule has 2 aromatic carbocycles. The van der Waals surface area contributed by atoms with Crippen LogP contribution in [0.1, 0.15) is 21.5 Å². The molecule has 32 heavy (non-hydrogen) atoms. The van der Waals surface area contributed by atoms with E-state index in [2.05, 4.69) is 5.32 Å². The highest BCUT2D eigenvalue weighted by atomic mass is 32.2. The number of benzene rings is 2. The van der Waals surface area contributed by atoms with E-state index in [9.17, 15) is 18.0 Å². The Morgan fingerprint density at radius 3 is 2.41 bits per heavy atom. The van der Waals surface area contributed by atoms with Crippen molar-refractivity contribution in [2.45, 2.75) is 25.3 Å². The van der Waals surface area contributed by atoms with Crippen LogP contribution in [0.4, 0.5) is 5.69 Å². The Balaban J connectivity index is 1.96. The summed E-state index contributed by atoms with van der Waals surface area (Å²) in [4.78, 5) is 27.2. The first-order valence-electron chi connectivity index (χ1n) is 10.0. The third-order valence-corrected chi connectivity index (χ3v) is 7.28. The van der Waals surface area contributed by atoms with Gasteiger partial charge in [0.05, 0.1) is 10.4 Å². The van der Waals surface area contributed by atoms with E-state index < -0.39 is 21.7 Å². The normalized spacial score (nSPS) is 12.1. The van der Waals surface area contributed by atoms with Crippen molar-refractivity contribution in [3.8, 4) is 0 Å². The highest BCUT2D eigenvalue weighted by Crippen LogP contribution is 2.25.